The topological polar surface area (TPSA) is 106 Å². The van der Waals surface area contributed by atoms with Gasteiger partial charge in [0.25, 0.3) is 0 Å². The van der Waals surface area contributed by atoms with Crippen LogP contribution in [0.3, 0.4) is 0 Å². The number of hydrogen-bond donors (Lipinski definition) is 3. The van der Waals surface area contributed by atoms with Crippen molar-refractivity contribution >= 4 is 17.4 Å². The first kappa shape index (κ1) is 10.2. The van der Waals surface area contributed by atoms with Crippen LogP contribution in [0.15, 0.2) is 24.3 Å². The SMILES string of the molecule is Nc1ccc(C(=O)[C@H](N)C(=O)O)cc1. The second-order valence-corrected chi connectivity index (χ2v) is 2.80. The largest absolute Gasteiger partial charge is 0.480 e. The van der Waals surface area contributed by atoms with Gasteiger partial charge in [0.15, 0.2) is 11.8 Å². The molecule has 0 aliphatic rings. The Balaban J connectivity index is 2.90. The van der Waals surface area contributed by atoms with Crippen molar-refractivity contribution in [2.75, 3.05) is 5.73 Å². The molecular weight excluding hydrogens is 184 g/mol. The van der Waals surface area contributed by atoms with Crippen LogP contribution in [0.25, 0.3) is 0 Å². The van der Waals surface area contributed by atoms with Crippen molar-refractivity contribution in [3.8, 4) is 0 Å². The molecule has 0 saturated heterocycles. The van der Waals surface area contributed by atoms with E-state index in [4.69, 9.17) is 16.6 Å². The van der Waals surface area contributed by atoms with Gasteiger partial charge in [-0.15, -0.1) is 0 Å². The lowest BCUT2D eigenvalue weighted by atomic mass is 10.0. The van der Waals surface area contributed by atoms with Crippen LogP contribution in [0.2, 0.25) is 0 Å². The molecule has 0 amide bonds. The van der Waals surface area contributed by atoms with E-state index in [9.17, 15) is 9.59 Å². The number of carboxylic acid groups (broad SMARTS) is 1. The van der Waals surface area contributed by atoms with E-state index in [0.717, 1.165) is 0 Å². The Morgan fingerprint density at radius 3 is 2.14 bits per heavy atom. The van der Waals surface area contributed by atoms with Crippen molar-refractivity contribution in [3.05, 3.63) is 29.8 Å². The highest BCUT2D eigenvalue weighted by molar-refractivity contribution is 6.11. The lowest BCUT2D eigenvalue weighted by molar-refractivity contribution is -0.137. The van der Waals surface area contributed by atoms with Crippen LogP contribution >= 0.6 is 0 Å². The van der Waals surface area contributed by atoms with Gasteiger partial charge in [0, 0.05) is 11.3 Å². The van der Waals surface area contributed by atoms with Gasteiger partial charge in [0.1, 0.15) is 0 Å². The van der Waals surface area contributed by atoms with E-state index in [0.29, 0.717) is 5.69 Å². The quantitative estimate of drug-likeness (QED) is 0.353. The van der Waals surface area contributed by atoms with E-state index < -0.39 is 17.8 Å². The number of carbonyl (C=O) groups is 2. The Kier molecular flexibility index (Phi) is 2.83. The van der Waals surface area contributed by atoms with Crippen LogP contribution in [-0.4, -0.2) is 22.9 Å². The molecule has 5 nitrogen and oxygen atoms in total. The molecule has 0 aromatic heterocycles. The van der Waals surface area contributed by atoms with E-state index in [-0.39, 0.29) is 5.56 Å². The van der Waals surface area contributed by atoms with E-state index in [1.807, 2.05) is 0 Å². The number of carboxylic acids is 1. The van der Waals surface area contributed by atoms with Crippen LogP contribution in [0.1, 0.15) is 10.4 Å². The van der Waals surface area contributed by atoms with Gasteiger partial charge in [-0.3, -0.25) is 9.59 Å². The summed E-state index contributed by atoms with van der Waals surface area (Å²) in [7, 11) is 0. The zero-order valence-electron chi connectivity index (χ0n) is 7.31. The maximum absolute atomic E-state index is 11.4. The van der Waals surface area contributed by atoms with Gasteiger partial charge in [0.05, 0.1) is 0 Å². The van der Waals surface area contributed by atoms with Crippen molar-refractivity contribution in [1.29, 1.82) is 0 Å². The molecule has 74 valence electrons. The lowest BCUT2D eigenvalue weighted by Crippen LogP contribution is -2.38. The Bertz CT molecular complexity index is 359. The maximum Gasteiger partial charge on any atom is 0.328 e. The molecule has 0 radical (unpaired) electrons. The minimum absolute atomic E-state index is 0.245. The van der Waals surface area contributed by atoms with Crippen molar-refractivity contribution in [2.45, 2.75) is 6.04 Å². The molecule has 0 unspecified atom stereocenters. The Morgan fingerprint density at radius 1 is 1.21 bits per heavy atom. The first-order valence-corrected chi connectivity index (χ1v) is 3.90. The summed E-state index contributed by atoms with van der Waals surface area (Å²) >= 11 is 0. The average molecular weight is 194 g/mol. The van der Waals surface area contributed by atoms with E-state index >= 15 is 0 Å². The number of ketones is 1. The molecule has 5 heteroatoms. The molecule has 1 atom stereocenters. The van der Waals surface area contributed by atoms with Crippen LogP contribution in [-0.2, 0) is 4.79 Å². The molecule has 0 saturated carbocycles. The van der Waals surface area contributed by atoms with Gasteiger partial charge >= 0.3 is 5.97 Å². The number of anilines is 1. The van der Waals surface area contributed by atoms with Crippen LogP contribution < -0.4 is 11.5 Å². The number of rotatable bonds is 3. The molecule has 0 fully saturated rings. The zero-order valence-corrected chi connectivity index (χ0v) is 7.31. The Morgan fingerprint density at radius 2 is 1.71 bits per heavy atom. The predicted molar refractivity (Wildman–Crippen MR) is 50.8 cm³/mol. The van der Waals surface area contributed by atoms with Gasteiger partial charge < -0.3 is 16.6 Å². The fourth-order valence-corrected chi connectivity index (χ4v) is 0.939. The number of hydrogen-bond acceptors (Lipinski definition) is 4. The third kappa shape index (κ3) is 2.08. The van der Waals surface area contributed by atoms with Crippen LogP contribution in [0.4, 0.5) is 5.69 Å². The molecule has 5 N–H and O–H groups in total. The fraction of sp³-hybridized carbons (Fsp3) is 0.111. The van der Waals surface area contributed by atoms with Crippen molar-refractivity contribution < 1.29 is 14.7 Å². The summed E-state index contributed by atoms with van der Waals surface area (Å²) in [6.07, 6.45) is 0. The molecule has 0 heterocycles. The number of nitrogen functional groups attached to an aromatic ring is 1. The first-order valence-electron chi connectivity index (χ1n) is 3.90. The van der Waals surface area contributed by atoms with Gasteiger partial charge in [0.2, 0.25) is 0 Å². The van der Waals surface area contributed by atoms with Crippen molar-refractivity contribution in [1.82, 2.24) is 0 Å². The molecule has 1 aromatic rings. The summed E-state index contributed by atoms with van der Waals surface area (Å²) in [5, 5.41) is 8.50. The third-order valence-electron chi connectivity index (χ3n) is 1.74. The molecule has 14 heavy (non-hydrogen) atoms. The molecular formula is C9H10N2O3. The Hall–Kier alpha value is -1.88. The summed E-state index contributed by atoms with van der Waals surface area (Å²) in [6, 6.07) is 4.41. The number of aliphatic carboxylic acids is 1. The first-order chi connectivity index (χ1) is 6.52. The molecule has 1 aromatic carbocycles. The predicted octanol–water partition coefficient (Wildman–Crippen LogP) is -0.137. The summed E-state index contributed by atoms with van der Waals surface area (Å²) < 4.78 is 0. The average Bonchev–Trinajstić information content (AvgIpc) is 2.16. The number of nitrogens with two attached hydrogens (primary N) is 2. The highest BCUT2D eigenvalue weighted by Crippen LogP contribution is 2.07. The van der Waals surface area contributed by atoms with Crippen LogP contribution in [0, 0.1) is 0 Å². The van der Waals surface area contributed by atoms with Crippen molar-refractivity contribution in [3.63, 3.8) is 0 Å². The lowest BCUT2D eigenvalue weighted by Gasteiger charge is -2.05. The summed E-state index contributed by atoms with van der Waals surface area (Å²) in [4.78, 5) is 21.8. The maximum atomic E-state index is 11.4. The third-order valence-corrected chi connectivity index (χ3v) is 1.74. The highest BCUT2D eigenvalue weighted by Gasteiger charge is 2.22. The zero-order chi connectivity index (χ0) is 10.7. The van der Waals surface area contributed by atoms with E-state index in [1.54, 1.807) is 0 Å². The van der Waals surface area contributed by atoms with Gasteiger partial charge in [-0.05, 0) is 24.3 Å². The van der Waals surface area contributed by atoms with Gasteiger partial charge in [-0.25, -0.2) is 0 Å². The molecule has 1 rings (SSSR count). The molecule has 0 bridgehead atoms. The summed E-state index contributed by atoms with van der Waals surface area (Å²) in [6.45, 7) is 0. The minimum atomic E-state index is -1.52. The van der Waals surface area contributed by atoms with Crippen LogP contribution in [0.5, 0.6) is 0 Å². The minimum Gasteiger partial charge on any atom is -0.480 e. The van der Waals surface area contributed by atoms with Gasteiger partial charge in [-0.1, -0.05) is 0 Å². The molecule has 0 spiro atoms. The van der Waals surface area contributed by atoms with Gasteiger partial charge in [-0.2, -0.15) is 0 Å². The second-order valence-electron chi connectivity index (χ2n) is 2.80. The second kappa shape index (κ2) is 3.89. The fourth-order valence-electron chi connectivity index (χ4n) is 0.939. The highest BCUT2D eigenvalue weighted by atomic mass is 16.4. The normalized spacial score (nSPS) is 12.1. The van der Waals surface area contributed by atoms with E-state index in [1.165, 1.54) is 24.3 Å². The van der Waals surface area contributed by atoms with E-state index in [2.05, 4.69) is 0 Å². The van der Waals surface area contributed by atoms with Crippen molar-refractivity contribution in [2.24, 2.45) is 5.73 Å². The molecule has 0 aliphatic carbocycles. The molecule has 0 aliphatic heterocycles. The number of Topliss-reactive ketones (excluding diaryl/α,β-unsaturated/α-hetero) is 1. The summed E-state index contributed by atoms with van der Waals surface area (Å²) in [5.74, 6) is -1.97. The smallest absolute Gasteiger partial charge is 0.328 e. The monoisotopic (exact) mass is 194 g/mol. The summed E-state index contributed by atoms with van der Waals surface area (Å²) in [5.41, 5.74) is 11.3. The number of benzene rings is 1. The standard InChI is InChI=1S/C9H10N2O3/c10-6-3-1-5(2-4-6)8(12)7(11)9(13)14/h1-4,7H,10-11H2,(H,13,14)/t7-/m0/s1. The Labute approximate surface area is 80.3 Å². The number of carbonyl (C=O) groups excluding carboxylic acids is 1.